The van der Waals surface area contributed by atoms with E-state index in [0.29, 0.717) is 5.92 Å². The summed E-state index contributed by atoms with van der Waals surface area (Å²) in [5, 5.41) is 15.3. The lowest BCUT2D eigenvalue weighted by molar-refractivity contribution is -0.0140. The van der Waals surface area contributed by atoms with Gasteiger partial charge in [-0.05, 0) is 32.1 Å². The van der Waals surface area contributed by atoms with E-state index in [1.165, 1.54) is 0 Å². The maximum Gasteiger partial charge on any atom is 0.162 e. The van der Waals surface area contributed by atoms with Crippen LogP contribution in [0.25, 0.3) is 0 Å². The molecule has 2 rings (SSSR count). The van der Waals surface area contributed by atoms with Crippen LogP contribution >= 0.6 is 0 Å². The Morgan fingerprint density at radius 1 is 1.59 bits per heavy atom. The van der Waals surface area contributed by atoms with Gasteiger partial charge < -0.3 is 9.84 Å². The lowest BCUT2D eigenvalue weighted by Crippen LogP contribution is -2.33. The van der Waals surface area contributed by atoms with Gasteiger partial charge in [-0.2, -0.15) is 5.10 Å². The Bertz CT molecular complexity index is 367. The molecule has 2 atom stereocenters. The average molecular weight is 238 g/mol. The molecule has 1 aromatic heterocycles. The Morgan fingerprint density at radius 2 is 2.35 bits per heavy atom. The summed E-state index contributed by atoms with van der Waals surface area (Å²) in [6.07, 6.45) is 5.68. The van der Waals surface area contributed by atoms with E-state index in [-0.39, 0.29) is 0 Å². The summed E-state index contributed by atoms with van der Waals surface area (Å²) in [6, 6.07) is 0. The molecular formula is C13H22N2O2. The van der Waals surface area contributed by atoms with Gasteiger partial charge in [0, 0.05) is 6.54 Å². The van der Waals surface area contributed by atoms with Crippen molar-refractivity contribution in [3.8, 4) is 5.75 Å². The van der Waals surface area contributed by atoms with Crippen molar-refractivity contribution in [2.24, 2.45) is 5.92 Å². The second kappa shape index (κ2) is 4.69. The van der Waals surface area contributed by atoms with Gasteiger partial charge in [-0.25, -0.2) is 0 Å². The van der Waals surface area contributed by atoms with E-state index in [1.54, 1.807) is 13.3 Å². The smallest absolute Gasteiger partial charge is 0.162 e. The van der Waals surface area contributed by atoms with Gasteiger partial charge in [-0.1, -0.05) is 13.3 Å². The predicted molar refractivity (Wildman–Crippen MR) is 66.0 cm³/mol. The second-order valence-electron chi connectivity index (χ2n) is 4.80. The van der Waals surface area contributed by atoms with E-state index >= 15 is 0 Å². The highest BCUT2D eigenvalue weighted by molar-refractivity contribution is 5.32. The van der Waals surface area contributed by atoms with Crippen molar-refractivity contribution < 1.29 is 9.84 Å². The summed E-state index contributed by atoms with van der Waals surface area (Å²) in [6.45, 7) is 4.94. The fraction of sp³-hybridized carbons (Fsp3) is 0.769. The third-order valence-corrected chi connectivity index (χ3v) is 4.01. The molecule has 0 saturated heterocycles. The van der Waals surface area contributed by atoms with Crippen LogP contribution in [0.15, 0.2) is 6.20 Å². The van der Waals surface area contributed by atoms with Crippen molar-refractivity contribution in [2.45, 2.75) is 51.7 Å². The van der Waals surface area contributed by atoms with E-state index in [9.17, 15) is 5.11 Å². The molecule has 1 aromatic rings. The molecule has 1 fully saturated rings. The molecule has 0 aliphatic heterocycles. The third kappa shape index (κ3) is 1.84. The van der Waals surface area contributed by atoms with Gasteiger partial charge in [0.2, 0.25) is 0 Å². The number of ether oxygens (including phenoxy) is 1. The van der Waals surface area contributed by atoms with E-state index in [0.717, 1.165) is 43.7 Å². The van der Waals surface area contributed by atoms with Crippen molar-refractivity contribution >= 4 is 0 Å². The molecule has 0 bridgehead atoms. The summed E-state index contributed by atoms with van der Waals surface area (Å²) in [4.78, 5) is 0. The van der Waals surface area contributed by atoms with Crippen molar-refractivity contribution in [3.63, 3.8) is 0 Å². The van der Waals surface area contributed by atoms with E-state index in [1.807, 2.05) is 11.6 Å². The van der Waals surface area contributed by atoms with Crippen LogP contribution < -0.4 is 4.74 Å². The number of aryl methyl sites for hydroxylation is 1. The first-order valence-electron chi connectivity index (χ1n) is 6.50. The fourth-order valence-electron chi connectivity index (χ4n) is 3.11. The molecule has 1 N–H and O–H groups in total. The maximum atomic E-state index is 11.0. The number of hydrogen-bond acceptors (Lipinski definition) is 3. The highest BCUT2D eigenvalue weighted by Crippen LogP contribution is 2.47. The third-order valence-electron chi connectivity index (χ3n) is 4.01. The minimum absolute atomic E-state index is 0.318. The molecule has 1 aliphatic rings. The Hall–Kier alpha value is -1.03. The van der Waals surface area contributed by atoms with Gasteiger partial charge in [0.25, 0.3) is 0 Å². The van der Waals surface area contributed by atoms with Crippen LogP contribution in [-0.4, -0.2) is 22.0 Å². The minimum atomic E-state index is -0.757. The quantitative estimate of drug-likeness (QED) is 0.875. The highest BCUT2D eigenvalue weighted by Gasteiger charge is 2.45. The van der Waals surface area contributed by atoms with E-state index in [4.69, 9.17) is 4.74 Å². The molecule has 1 aliphatic carbocycles. The largest absolute Gasteiger partial charge is 0.493 e. The van der Waals surface area contributed by atoms with Crippen LogP contribution in [-0.2, 0) is 12.1 Å². The maximum absolute atomic E-state index is 11.0. The molecule has 0 radical (unpaired) electrons. The highest BCUT2D eigenvalue weighted by atomic mass is 16.5. The molecule has 1 saturated carbocycles. The molecule has 0 spiro atoms. The Morgan fingerprint density at radius 3 is 2.94 bits per heavy atom. The molecule has 2 unspecified atom stereocenters. The lowest BCUT2D eigenvalue weighted by atomic mass is 9.85. The molecule has 17 heavy (non-hydrogen) atoms. The first kappa shape index (κ1) is 12.4. The zero-order valence-corrected chi connectivity index (χ0v) is 10.9. The fourth-order valence-corrected chi connectivity index (χ4v) is 3.11. The van der Waals surface area contributed by atoms with Gasteiger partial charge in [-0.15, -0.1) is 0 Å². The average Bonchev–Trinajstić information content (AvgIpc) is 2.92. The topological polar surface area (TPSA) is 47.3 Å². The van der Waals surface area contributed by atoms with Crippen LogP contribution in [0.5, 0.6) is 5.75 Å². The first-order valence-corrected chi connectivity index (χ1v) is 6.50. The molecule has 4 nitrogen and oxygen atoms in total. The predicted octanol–water partition coefficient (Wildman–Crippen LogP) is 2.31. The van der Waals surface area contributed by atoms with Crippen LogP contribution in [0.1, 0.15) is 45.2 Å². The summed E-state index contributed by atoms with van der Waals surface area (Å²) < 4.78 is 7.22. The van der Waals surface area contributed by atoms with Gasteiger partial charge >= 0.3 is 0 Å². The van der Waals surface area contributed by atoms with Gasteiger partial charge in [0.15, 0.2) is 5.75 Å². The summed E-state index contributed by atoms with van der Waals surface area (Å²) in [5.74, 6) is 1.04. The summed E-state index contributed by atoms with van der Waals surface area (Å²) in [5.41, 5.74) is 0.110. The minimum Gasteiger partial charge on any atom is -0.493 e. The van der Waals surface area contributed by atoms with Crippen molar-refractivity contribution in [1.29, 1.82) is 0 Å². The molecule has 0 aromatic carbocycles. The van der Waals surface area contributed by atoms with Crippen LogP contribution in [0.4, 0.5) is 0 Å². The summed E-state index contributed by atoms with van der Waals surface area (Å²) >= 11 is 0. The SMILES string of the molecule is CCC1CCCC1(O)c1c(OC)cnn1CC. The Balaban J connectivity index is 2.47. The van der Waals surface area contributed by atoms with Crippen molar-refractivity contribution in [1.82, 2.24) is 9.78 Å². The zero-order valence-electron chi connectivity index (χ0n) is 10.9. The normalized spacial score (nSPS) is 28.6. The zero-order chi connectivity index (χ0) is 12.5. The Kier molecular flexibility index (Phi) is 3.43. The molecule has 1 heterocycles. The number of nitrogens with zero attached hydrogens (tertiary/aromatic N) is 2. The van der Waals surface area contributed by atoms with Gasteiger partial charge in [0.05, 0.1) is 13.3 Å². The van der Waals surface area contributed by atoms with E-state index < -0.39 is 5.60 Å². The number of methoxy groups -OCH3 is 1. The number of aliphatic hydroxyl groups is 1. The van der Waals surface area contributed by atoms with Crippen molar-refractivity contribution in [2.75, 3.05) is 7.11 Å². The van der Waals surface area contributed by atoms with Crippen LogP contribution in [0.3, 0.4) is 0 Å². The molecule has 96 valence electrons. The van der Waals surface area contributed by atoms with Crippen molar-refractivity contribution in [3.05, 3.63) is 11.9 Å². The molecular weight excluding hydrogens is 216 g/mol. The summed E-state index contributed by atoms with van der Waals surface area (Å²) in [7, 11) is 1.64. The number of aromatic nitrogens is 2. The first-order chi connectivity index (χ1) is 8.17. The Labute approximate surface area is 103 Å². The standard InChI is InChI=1S/C13H22N2O2/c1-4-10-7-6-8-13(10,16)12-11(17-3)9-14-15(12)5-2/h9-10,16H,4-8H2,1-3H3. The molecule has 4 heteroatoms. The van der Waals surface area contributed by atoms with Crippen LogP contribution in [0.2, 0.25) is 0 Å². The number of rotatable bonds is 4. The monoisotopic (exact) mass is 238 g/mol. The number of hydrogen-bond donors (Lipinski definition) is 1. The lowest BCUT2D eigenvalue weighted by Gasteiger charge is -2.30. The van der Waals surface area contributed by atoms with Crippen LogP contribution in [0, 0.1) is 5.92 Å². The van der Waals surface area contributed by atoms with Gasteiger partial charge in [-0.3, -0.25) is 4.68 Å². The second-order valence-corrected chi connectivity index (χ2v) is 4.80. The van der Waals surface area contributed by atoms with E-state index in [2.05, 4.69) is 12.0 Å². The van der Waals surface area contributed by atoms with Gasteiger partial charge in [0.1, 0.15) is 11.3 Å². The molecule has 0 amide bonds.